The first-order chi connectivity index (χ1) is 11.3. The standard InChI is InChI=1S/C19H27N3O/c23-19(21-14-18-8-4-5-11-20-18)17-9-12-22(13-10-17)15-16-6-2-1-3-7-16/h1-2,4-5,8,11,16-17H,3,6-7,9-10,12-15H2,(H,21,23). The topological polar surface area (TPSA) is 45.2 Å². The SMILES string of the molecule is O=C(NCc1ccccn1)C1CCN(CC2CC=CCC2)CC1. The van der Waals surface area contributed by atoms with E-state index in [0.717, 1.165) is 37.5 Å². The van der Waals surface area contributed by atoms with E-state index >= 15 is 0 Å². The van der Waals surface area contributed by atoms with Gasteiger partial charge >= 0.3 is 0 Å². The van der Waals surface area contributed by atoms with Gasteiger partial charge in [-0.1, -0.05) is 18.2 Å². The predicted octanol–water partition coefficient (Wildman–Crippen LogP) is 2.77. The Bertz CT molecular complexity index is 521. The minimum absolute atomic E-state index is 0.168. The number of rotatable bonds is 5. The molecular formula is C19H27N3O. The van der Waals surface area contributed by atoms with Crippen molar-refractivity contribution in [1.29, 1.82) is 0 Å². The average Bonchev–Trinajstić information content (AvgIpc) is 2.62. The van der Waals surface area contributed by atoms with Gasteiger partial charge in [0.2, 0.25) is 5.91 Å². The molecule has 4 heteroatoms. The Hall–Kier alpha value is -1.68. The van der Waals surface area contributed by atoms with Gasteiger partial charge in [0.25, 0.3) is 0 Å². The molecule has 0 radical (unpaired) electrons. The molecule has 3 rings (SSSR count). The maximum atomic E-state index is 12.3. The van der Waals surface area contributed by atoms with Crippen molar-refractivity contribution in [3.05, 3.63) is 42.2 Å². The van der Waals surface area contributed by atoms with Gasteiger partial charge in [-0.15, -0.1) is 0 Å². The van der Waals surface area contributed by atoms with Crippen LogP contribution in [0, 0.1) is 11.8 Å². The molecule has 1 atom stereocenters. The number of nitrogens with zero attached hydrogens (tertiary/aromatic N) is 2. The van der Waals surface area contributed by atoms with Gasteiger partial charge in [-0.25, -0.2) is 0 Å². The third kappa shape index (κ3) is 4.90. The molecule has 1 aliphatic carbocycles. The van der Waals surface area contributed by atoms with Gasteiger partial charge in [-0.3, -0.25) is 9.78 Å². The van der Waals surface area contributed by atoms with Crippen molar-refractivity contribution in [3.8, 4) is 0 Å². The summed E-state index contributed by atoms with van der Waals surface area (Å²) in [5.74, 6) is 1.17. The number of piperidine rings is 1. The first kappa shape index (κ1) is 16.2. The van der Waals surface area contributed by atoms with Gasteiger partial charge < -0.3 is 10.2 Å². The summed E-state index contributed by atoms with van der Waals surface area (Å²) in [6, 6.07) is 5.79. The molecule has 1 saturated heterocycles. The molecule has 0 saturated carbocycles. The first-order valence-electron chi connectivity index (χ1n) is 8.86. The van der Waals surface area contributed by atoms with E-state index in [1.807, 2.05) is 18.2 Å². The Morgan fingerprint density at radius 1 is 1.22 bits per heavy atom. The van der Waals surface area contributed by atoms with Gasteiger partial charge in [-0.2, -0.15) is 0 Å². The smallest absolute Gasteiger partial charge is 0.223 e. The van der Waals surface area contributed by atoms with Crippen molar-refractivity contribution in [1.82, 2.24) is 15.2 Å². The monoisotopic (exact) mass is 313 g/mol. The molecule has 1 aromatic rings. The quantitative estimate of drug-likeness (QED) is 0.850. The van der Waals surface area contributed by atoms with E-state index in [9.17, 15) is 4.79 Å². The number of likely N-dealkylation sites (tertiary alicyclic amines) is 1. The Balaban J connectivity index is 1.38. The minimum atomic E-state index is 0.168. The summed E-state index contributed by atoms with van der Waals surface area (Å²) in [5, 5.41) is 3.04. The fourth-order valence-electron chi connectivity index (χ4n) is 3.59. The summed E-state index contributed by atoms with van der Waals surface area (Å²) < 4.78 is 0. The summed E-state index contributed by atoms with van der Waals surface area (Å²) in [6.07, 6.45) is 12.1. The second-order valence-corrected chi connectivity index (χ2v) is 6.76. The zero-order chi connectivity index (χ0) is 15.9. The third-order valence-electron chi connectivity index (χ3n) is 5.02. The number of carbonyl (C=O) groups is 1. The lowest BCUT2D eigenvalue weighted by atomic mass is 9.91. The number of hydrogen-bond acceptors (Lipinski definition) is 3. The van der Waals surface area contributed by atoms with Crippen molar-refractivity contribution >= 4 is 5.91 Å². The van der Waals surface area contributed by atoms with E-state index in [1.54, 1.807) is 6.20 Å². The summed E-state index contributed by atoms with van der Waals surface area (Å²) in [4.78, 5) is 19.1. The second-order valence-electron chi connectivity index (χ2n) is 6.76. The lowest BCUT2D eigenvalue weighted by molar-refractivity contribution is -0.126. The van der Waals surface area contributed by atoms with E-state index < -0.39 is 0 Å². The van der Waals surface area contributed by atoms with Gasteiger partial charge in [0, 0.05) is 18.7 Å². The van der Waals surface area contributed by atoms with E-state index in [0.29, 0.717) is 6.54 Å². The molecule has 1 amide bonds. The molecule has 1 aliphatic heterocycles. The molecule has 0 spiro atoms. The maximum absolute atomic E-state index is 12.3. The molecule has 2 aliphatic rings. The normalized spacial score (nSPS) is 22.9. The maximum Gasteiger partial charge on any atom is 0.223 e. The van der Waals surface area contributed by atoms with Crippen LogP contribution in [0.3, 0.4) is 0 Å². The number of aromatic nitrogens is 1. The Kier molecular flexibility index (Phi) is 5.81. The Labute approximate surface area is 139 Å². The molecule has 0 aromatic carbocycles. The average molecular weight is 313 g/mol. The van der Waals surface area contributed by atoms with Crippen LogP contribution in [0.2, 0.25) is 0 Å². The fourth-order valence-corrected chi connectivity index (χ4v) is 3.59. The van der Waals surface area contributed by atoms with Crippen LogP contribution in [0.4, 0.5) is 0 Å². The molecule has 23 heavy (non-hydrogen) atoms. The van der Waals surface area contributed by atoms with E-state index in [-0.39, 0.29) is 11.8 Å². The largest absolute Gasteiger partial charge is 0.350 e. The van der Waals surface area contributed by atoms with Crippen LogP contribution in [0.1, 0.15) is 37.8 Å². The van der Waals surface area contributed by atoms with Crippen molar-refractivity contribution < 1.29 is 4.79 Å². The lowest BCUT2D eigenvalue weighted by Crippen LogP contribution is -2.42. The van der Waals surface area contributed by atoms with Crippen LogP contribution in [0.15, 0.2) is 36.5 Å². The van der Waals surface area contributed by atoms with Crippen molar-refractivity contribution in [2.45, 2.75) is 38.6 Å². The Morgan fingerprint density at radius 3 is 2.78 bits per heavy atom. The summed E-state index contributed by atoms with van der Waals surface area (Å²) in [7, 11) is 0. The second kappa shape index (κ2) is 8.25. The van der Waals surface area contributed by atoms with Crippen LogP contribution in [0.25, 0.3) is 0 Å². The highest BCUT2D eigenvalue weighted by Crippen LogP contribution is 2.23. The fraction of sp³-hybridized carbons (Fsp3) is 0.579. The van der Waals surface area contributed by atoms with Gasteiger partial charge in [0.15, 0.2) is 0 Å². The molecule has 1 fully saturated rings. The van der Waals surface area contributed by atoms with Crippen molar-refractivity contribution in [3.63, 3.8) is 0 Å². The van der Waals surface area contributed by atoms with E-state index in [1.165, 1.54) is 25.8 Å². The minimum Gasteiger partial charge on any atom is -0.350 e. The summed E-state index contributed by atoms with van der Waals surface area (Å²) in [6.45, 7) is 3.85. The first-order valence-corrected chi connectivity index (χ1v) is 8.86. The number of allylic oxidation sites excluding steroid dienone is 2. The lowest BCUT2D eigenvalue weighted by Gasteiger charge is -2.34. The van der Waals surface area contributed by atoms with Crippen molar-refractivity contribution in [2.75, 3.05) is 19.6 Å². The molecular weight excluding hydrogens is 286 g/mol. The van der Waals surface area contributed by atoms with Gasteiger partial charge in [0.1, 0.15) is 0 Å². The van der Waals surface area contributed by atoms with Gasteiger partial charge in [0.05, 0.1) is 12.2 Å². The summed E-state index contributed by atoms with van der Waals surface area (Å²) >= 11 is 0. The molecule has 0 bridgehead atoms. The number of pyridine rings is 1. The van der Waals surface area contributed by atoms with Crippen molar-refractivity contribution in [2.24, 2.45) is 11.8 Å². The highest BCUT2D eigenvalue weighted by atomic mass is 16.1. The molecule has 1 N–H and O–H groups in total. The molecule has 1 aromatic heterocycles. The van der Waals surface area contributed by atoms with Gasteiger partial charge in [-0.05, 0) is 63.2 Å². The number of carbonyl (C=O) groups excluding carboxylic acids is 1. The van der Waals surface area contributed by atoms with Crippen LogP contribution < -0.4 is 5.32 Å². The molecule has 2 heterocycles. The van der Waals surface area contributed by atoms with Crippen LogP contribution in [0.5, 0.6) is 0 Å². The Morgan fingerprint density at radius 2 is 2.09 bits per heavy atom. The summed E-state index contributed by atoms with van der Waals surface area (Å²) in [5.41, 5.74) is 0.920. The molecule has 4 nitrogen and oxygen atoms in total. The zero-order valence-electron chi connectivity index (χ0n) is 13.8. The number of nitrogens with one attached hydrogen (secondary N) is 1. The highest BCUT2D eigenvalue weighted by molar-refractivity contribution is 5.78. The van der Waals surface area contributed by atoms with Crippen LogP contribution in [-0.2, 0) is 11.3 Å². The third-order valence-corrected chi connectivity index (χ3v) is 5.02. The molecule has 1 unspecified atom stereocenters. The molecule has 124 valence electrons. The van der Waals surface area contributed by atoms with E-state index in [2.05, 4.69) is 27.4 Å². The number of hydrogen-bond donors (Lipinski definition) is 1. The van der Waals surface area contributed by atoms with Crippen LogP contribution >= 0.6 is 0 Å². The highest BCUT2D eigenvalue weighted by Gasteiger charge is 2.26. The predicted molar refractivity (Wildman–Crippen MR) is 91.7 cm³/mol. The van der Waals surface area contributed by atoms with E-state index in [4.69, 9.17) is 0 Å². The zero-order valence-corrected chi connectivity index (χ0v) is 13.8. The van der Waals surface area contributed by atoms with Crippen LogP contribution in [-0.4, -0.2) is 35.4 Å². The number of amides is 1.